The van der Waals surface area contributed by atoms with Crippen LogP contribution in [0.3, 0.4) is 0 Å². The van der Waals surface area contributed by atoms with Crippen LogP contribution >= 0.6 is 11.6 Å². The molecule has 3 rings (SSSR count). The highest BCUT2D eigenvalue weighted by atomic mass is 35.5. The number of halogens is 1. The van der Waals surface area contributed by atoms with Gasteiger partial charge in [0.25, 0.3) is 0 Å². The molecule has 0 aliphatic carbocycles. The zero-order valence-corrected chi connectivity index (χ0v) is 14.0. The van der Waals surface area contributed by atoms with Gasteiger partial charge in [0.05, 0.1) is 5.52 Å². The van der Waals surface area contributed by atoms with E-state index in [0.29, 0.717) is 10.7 Å². The van der Waals surface area contributed by atoms with Crippen LogP contribution in [0.15, 0.2) is 54.7 Å². The molecule has 24 heavy (non-hydrogen) atoms. The average molecular weight is 341 g/mol. The van der Waals surface area contributed by atoms with Gasteiger partial charge in [-0.3, -0.25) is 14.2 Å². The van der Waals surface area contributed by atoms with E-state index in [-0.39, 0.29) is 24.7 Å². The standard InChI is InChI=1S/C19H17ClN2O2/c1-13-12-15(20)6-7-16(13)21-18(23)8-9-19(24)22-11-10-14-4-2-3-5-17(14)22/h2-7,10-12H,8-9H2,1H3,(H,21,23). The van der Waals surface area contributed by atoms with E-state index in [9.17, 15) is 9.59 Å². The zero-order chi connectivity index (χ0) is 17.1. The van der Waals surface area contributed by atoms with Crippen LogP contribution in [0.1, 0.15) is 23.2 Å². The average Bonchev–Trinajstić information content (AvgIpc) is 2.99. The summed E-state index contributed by atoms with van der Waals surface area (Å²) in [6.07, 6.45) is 2.03. The highest BCUT2D eigenvalue weighted by molar-refractivity contribution is 6.30. The minimum atomic E-state index is -0.190. The van der Waals surface area contributed by atoms with Crippen molar-refractivity contribution in [1.29, 1.82) is 0 Å². The molecule has 1 aromatic heterocycles. The number of amides is 1. The van der Waals surface area contributed by atoms with E-state index >= 15 is 0 Å². The Labute approximate surface area is 145 Å². The molecule has 5 heteroatoms. The number of hydrogen-bond acceptors (Lipinski definition) is 2. The molecule has 1 heterocycles. The van der Waals surface area contributed by atoms with Crippen molar-refractivity contribution >= 4 is 40.0 Å². The van der Waals surface area contributed by atoms with Crippen LogP contribution in [0, 0.1) is 6.92 Å². The largest absolute Gasteiger partial charge is 0.326 e. The minimum Gasteiger partial charge on any atom is -0.326 e. The number of fused-ring (bicyclic) bond motifs is 1. The van der Waals surface area contributed by atoms with Gasteiger partial charge in [-0.15, -0.1) is 0 Å². The maximum atomic E-state index is 12.4. The Bertz CT molecular complexity index is 915. The third-order valence-corrected chi connectivity index (χ3v) is 4.13. The lowest BCUT2D eigenvalue weighted by Crippen LogP contribution is -2.16. The quantitative estimate of drug-likeness (QED) is 0.750. The van der Waals surface area contributed by atoms with Crippen molar-refractivity contribution in [2.45, 2.75) is 19.8 Å². The summed E-state index contributed by atoms with van der Waals surface area (Å²) in [4.78, 5) is 24.4. The number of nitrogens with one attached hydrogen (secondary N) is 1. The molecule has 0 saturated carbocycles. The van der Waals surface area contributed by atoms with Crippen LogP contribution in [0.25, 0.3) is 10.9 Å². The number of carbonyl (C=O) groups excluding carboxylic acids is 2. The van der Waals surface area contributed by atoms with Gasteiger partial charge in [0.15, 0.2) is 0 Å². The van der Waals surface area contributed by atoms with E-state index in [2.05, 4.69) is 5.32 Å². The number of benzene rings is 2. The van der Waals surface area contributed by atoms with Crippen LogP contribution in [0.5, 0.6) is 0 Å². The molecule has 1 N–H and O–H groups in total. The van der Waals surface area contributed by atoms with Crippen LogP contribution in [0.2, 0.25) is 5.02 Å². The van der Waals surface area contributed by atoms with Crippen molar-refractivity contribution in [3.63, 3.8) is 0 Å². The number of rotatable bonds is 4. The van der Waals surface area contributed by atoms with E-state index in [1.165, 1.54) is 0 Å². The summed E-state index contributed by atoms with van der Waals surface area (Å²) in [6.45, 7) is 1.87. The fourth-order valence-corrected chi connectivity index (χ4v) is 2.85. The van der Waals surface area contributed by atoms with Crippen LogP contribution in [-0.2, 0) is 4.79 Å². The molecule has 0 aliphatic rings. The molecule has 1 amide bonds. The second kappa shape index (κ2) is 6.89. The first-order valence-corrected chi connectivity index (χ1v) is 8.08. The van der Waals surface area contributed by atoms with Crippen molar-refractivity contribution in [1.82, 2.24) is 4.57 Å². The lowest BCUT2D eigenvalue weighted by Gasteiger charge is -2.09. The van der Waals surface area contributed by atoms with Gasteiger partial charge in [0.2, 0.25) is 11.8 Å². The van der Waals surface area contributed by atoms with Crippen molar-refractivity contribution in [3.8, 4) is 0 Å². The first-order valence-electron chi connectivity index (χ1n) is 7.70. The molecule has 0 atom stereocenters. The third-order valence-electron chi connectivity index (χ3n) is 3.90. The smallest absolute Gasteiger partial charge is 0.231 e. The molecular weight excluding hydrogens is 324 g/mol. The minimum absolute atomic E-state index is 0.0980. The molecule has 0 aliphatic heterocycles. The van der Waals surface area contributed by atoms with Gasteiger partial charge < -0.3 is 5.32 Å². The highest BCUT2D eigenvalue weighted by Crippen LogP contribution is 2.20. The summed E-state index contributed by atoms with van der Waals surface area (Å²) in [5.41, 5.74) is 2.46. The molecule has 0 spiro atoms. The van der Waals surface area contributed by atoms with Gasteiger partial charge in [-0.05, 0) is 42.8 Å². The molecule has 0 radical (unpaired) electrons. The summed E-state index contributed by atoms with van der Waals surface area (Å²) in [5, 5.41) is 4.45. The molecule has 2 aromatic carbocycles. The van der Waals surface area contributed by atoms with E-state index in [0.717, 1.165) is 16.5 Å². The number of carbonyl (C=O) groups is 2. The summed E-state index contributed by atoms with van der Waals surface area (Å²) >= 11 is 5.90. The first-order chi connectivity index (χ1) is 11.5. The van der Waals surface area contributed by atoms with Crippen molar-refractivity contribution < 1.29 is 9.59 Å². The Kier molecular flexibility index (Phi) is 4.67. The van der Waals surface area contributed by atoms with Crippen molar-refractivity contribution in [2.75, 3.05) is 5.32 Å². The Hall–Kier alpha value is -2.59. The first kappa shape index (κ1) is 16.3. The third kappa shape index (κ3) is 3.49. The molecule has 0 saturated heterocycles. The van der Waals surface area contributed by atoms with Gasteiger partial charge in [-0.25, -0.2) is 0 Å². The number of para-hydroxylation sites is 1. The zero-order valence-electron chi connectivity index (χ0n) is 13.3. The maximum absolute atomic E-state index is 12.4. The second-order valence-electron chi connectivity index (χ2n) is 5.65. The topological polar surface area (TPSA) is 51.1 Å². The van der Waals surface area contributed by atoms with Crippen LogP contribution < -0.4 is 5.32 Å². The van der Waals surface area contributed by atoms with E-state index in [1.54, 1.807) is 29.0 Å². The maximum Gasteiger partial charge on any atom is 0.231 e. The van der Waals surface area contributed by atoms with Gasteiger partial charge in [-0.2, -0.15) is 0 Å². The highest BCUT2D eigenvalue weighted by Gasteiger charge is 2.12. The molecule has 0 bridgehead atoms. The lowest BCUT2D eigenvalue weighted by atomic mass is 10.2. The Balaban J connectivity index is 1.62. The molecule has 0 fully saturated rings. The SMILES string of the molecule is Cc1cc(Cl)ccc1NC(=O)CCC(=O)n1ccc2ccccc21. The van der Waals surface area contributed by atoms with Crippen LogP contribution in [0.4, 0.5) is 5.69 Å². The van der Waals surface area contributed by atoms with Gasteiger partial charge >= 0.3 is 0 Å². The predicted molar refractivity (Wildman–Crippen MR) is 96.6 cm³/mol. The summed E-state index contributed by atoms with van der Waals surface area (Å²) in [5.74, 6) is -0.288. The fourth-order valence-electron chi connectivity index (χ4n) is 2.62. The second-order valence-corrected chi connectivity index (χ2v) is 6.08. The van der Waals surface area contributed by atoms with Gasteiger partial charge in [-0.1, -0.05) is 29.8 Å². The van der Waals surface area contributed by atoms with Crippen LogP contribution in [-0.4, -0.2) is 16.4 Å². The summed E-state index contributed by atoms with van der Waals surface area (Å²) in [6, 6.07) is 14.8. The van der Waals surface area contributed by atoms with E-state index in [4.69, 9.17) is 11.6 Å². The lowest BCUT2D eigenvalue weighted by molar-refractivity contribution is -0.116. The van der Waals surface area contributed by atoms with Gasteiger partial charge in [0, 0.05) is 35.1 Å². The predicted octanol–water partition coefficient (Wildman–Crippen LogP) is 4.66. The molecule has 3 aromatic rings. The molecule has 0 unspecified atom stereocenters. The fraction of sp³-hybridized carbons (Fsp3) is 0.158. The monoisotopic (exact) mass is 340 g/mol. The van der Waals surface area contributed by atoms with Gasteiger partial charge in [0.1, 0.15) is 0 Å². The Morgan fingerprint density at radius 3 is 2.67 bits per heavy atom. The normalized spacial score (nSPS) is 10.8. The number of anilines is 1. The number of aryl methyl sites for hydroxylation is 1. The molecular formula is C19H17ClN2O2. The van der Waals surface area contributed by atoms with Crippen molar-refractivity contribution in [3.05, 3.63) is 65.3 Å². The summed E-state index contributed by atoms with van der Waals surface area (Å²) in [7, 11) is 0. The molecule has 4 nitrogen and oxygen atoms in total. The summed E-state index contributed by atoms with van der Waals surface area (Å²) < 4.78 is 1.59. The number of aromatic nitrogens is 1. The Morgan fingerprint density at radius 1 is 1.08 bits per heavy atom. The van der Waals surface area contributed by atoms with E-state index < -0.39 is 0 Å². The van der Waals surface area contributed by atoms with Crippen molar-refractivity contribution in [2.24, 2.45) is 0 Å². The number of nitrogens with zero attached hydrogens (tertiary/aromatic N) is 1. The van der Waals surface area contributed by atoms with E-state index in [1.807, 2.05) is 37.3 Å². The Morgan fingerprint density at radius 2 is 1.88 bits per heavy atom. The molecule has 122 valence electrons. The number of hydrogen-bond donors (Lipinski definition) is 1.